The second kappa shape index (κ2) is 6.90. The largest absolute Gasteiger partial charge is 0.465 e. The van der Waals surface area contributed by atoms with Crippen molar-refractivity contribution in [1.82, 2.24) is 10.2 Å². The molecule has 0 radical (unpaired) electrons. The van der Waals surface area contributed by atoms with Gasteiger partial charge in [0.25, 0.3) is 0 Å². The molecule has 0 aromatic rings. The third kappa shape index (κ3) is 3.17. The fourth-order valence-electron chi connectivity index (χ4n) is 3.71. The zero-order valence-electron chi connectivity index (χ0n) is 13.3. The molecule has 0 aromatic heterocycles. The molecule has 2 unspecified atom stereocenters. The number of nitrogens with zero attached hydrogens (tertiary/aromatic N) is 1. The first-order chi connectivity index (χ1) is 9.63. The van der Waals surface area contributed by atoms with Crippen LogP contribution in [0.15, 0.2) is 0 Å². The average molecular weight is 282 g/mol. The highest BCUT2D eigenvalue weighted by atomic mass is 16.5. The van der Waals surface area contributed by atoms with Crippen molar-refractivity contribution in [2.45, 2.75) is 76.4 Å². The van der Waals surface area contributed by atoms with E-state index < -0.39 is 5.54 Å². The Morgan fingerprint density at radius 1 is 1.25 bits per heavy atom. The number of hydrogen-bond donors (Lipinski definition) is 1. The highest BCUT2D eigenvalue weighted by Crippen LogP contribution is 2.35. The normalized spacial score (nSPS) is 31.1. The maximum atomic E-state index is 12.4. The van der Waals surface area contributed by atoms with Gasteiger partial charge in [-0.15, -0.1) is 0 Å². The maximum absolute atomic E-state index is 12.4. The molecule has 0 aromatic carbocycles. The molecule has 1 N–H and O–H groups in total. The van der Waals surface area contributed by atoms with Crippen molar-refractivity contribution in [3.05, 3.63) is 0 Å². The summed E-state index contributed by atoms with van der Waals surface area (Å²) >= 11 is 0. The molecule has 4 nitrogen and oxygen atoms in total. The van der Waals surface area contributed by atoms with Crippen molar-refractivity contribution in [3.8, 4) is 0 Å². The van der Waals surface area contributed by atoms with E-state index in [0.717, 1.165) is 31.8 Å². The van der Waals surface area contributed by atoms with E-state index in [-0.39, 0.29) is 5.97 Å². The maximum Gasteiger partial charge on any atom is 0.326 e. The van der Waals surface area contributed by atoms with Gasteiger partial charge >= 0.3 is 5.97 Å². The Morgan fingerprint density at radius 2 is 1.95 bits per heavy atom. The van der Waals surface area contributed by atoms with Gasteiger partial charge in [-0.25, -0.2) is 0 Å². The van der Waals surface area contributed by atoms with Crippen molar-refractivity contribution in [2.24, 2.45) is 0 Å². The van der Waals surface area contributed by atoms with E-state index in [1.165, 1.54) is 25.7 Å². The fraction of sp³-hybridized carbons (Fsp3) is 0.938. The number of nitrogens with one attached hydrogen (secondary N) is 1. The number of carbonyl (C=O) groups is 1. The van der Waals surface area contributed by atoms with Gasteiger partial charge in [-0.1, -0.05) is 13.3 Å². The van der Waals surface area contributed by atoms with Gasteiger partial charge in [-0.2, -0.15) is 0 Å². The van der Waals surface area contributed by atoms with Crippen LogP contribution < -0.4 is 5.32 Å². The molecule has 0 heterocycles. The van der Waals surface area contributed by atoms with Gasteiger partial charge in [0.2, 0.25) is 0 Å². The molecular weight excluding hydrogens is 252 g/mol. The molecule has 116 valence electrons. The molecular formula is C16H30N2O2. The summed E-state index contributed by atoms with van der Waals surface area (Å²) in [5, 5.41) is 3.44. The second-order valence-electron chi connectivity index (χ2n) is 6.33. The van der Waals surface area contributed by atoms with Crippen LogP contribution in [0.1, 0.15) is 58.8 Å². The lowest BCUT2D eigenvalue weighted by Crippen LogP contribution is -2.59. The van der Waals surface area contributed by atoms with Crippen LogP contribution in [0.5, 0.6) is 0 Å². The predicted octanol–water partition coefficient (Wildman–Crippen LogP) is 2.32. The molecule has 4 heteroatoms. The summed E-state index contributed by atoms with van der Waals surface area (Å²) in [4.78, 5) is 15.0. The number of rotatable bonds is 6. The predicted molar refractivity (Wildman–Crippen MR) is 80.7 cm³/mol. The van der Waals surface area contributed by atoms with Crippen LogP contribution in [-0.4, -0.2) is 48.7 Å². The molecule has 0 spiro atoms. The zero-order valence-corrected chi connectivity index (χ0v) is 13.3. The van der Waals surface area contributed by atoms with Crippen LogP contribution in [0.4, 0.5) is 0 Å². The van der Waals surface area contributed by atoms with Gasteiger partial charge in [0.15, 0.2) is 0 Å². The lowest BCUT2D eigenvalue weighted by molar-refractivity contribution is -0.154. The topological polar surface area (TPSA) is 41.6 Å². The zero-order chi connectivity index (χ0) is 14.6. The Balaban J connectivity index is 2.05. The Kier molecular flexibility index (Phi) is 5.44. The SMILES string of the molecule is CCNC1(C(=O)OCC)CCCC(N(C)C2CCC2)C1. The van der Waals surface area contributed by atoms with Gasteiger partial charge in [0.1, 0.15) is 5.54 Å². The van der Waals surface area contributed by atoms with Crippen LogP contribution in [0.25, 0.3) is 0 Å². The monoisotopic (exact) mass is 282 g/mol. The smallest absolute Gasteiger partial charge is 0.326 e. The molecule has 2 rings (SSSR count). The molecule has 20 heavy (non-hydrogen) atoms. The summed E-state index contributed by atoms with van der Waals surface area (Å²) < 4.78 is 5.35. The molecule has 2 saturated carbocycles. The minimum Gasteiger partial charge on any atom is -0.465 e. The van der Waals surface area contributed by atoms with Gasteiger partial charge in [-0.3, -0.25) is 4.79 Å². The molecule has 0 aliphatic heterocycles. The lowest BCUT2D eigenvalue weighted by Gasteiger charge is -2.46. The van der Waals surface area contributed by atoms with E-state index in [9.17, 15) is 4.79 Å². The fourth-order valence-corrected chi connectivity index (χ4v) is 3.71. The van der Waals surface area contributed by atoms with E-state index in [0.29, 0.717) is 12.6 Å². The quantitative estimate of drug-likeness (QED) is 0.759. The Morgan fingerprint density at radius 3 is 2.50 bits per heavy atom. The number of carbonyl (C=O) groups excluding carboxylic acids is 1. The summed E-state index contributed by atoms with van der Waals surface area (Å²) in [5.41, 5.74) is -0.453. The average Bonchev–Trinajstić information content (AvgIpc) is 2.37. The number of esters is 1. The van der Waals surface area contributed by atoms with Crippen molar-refractivity contribution in [2.75, 3.05) is 20.2 Å². The van der Waals surface area contributed by atoms with E-state index in [1.807, 2.05) is 6.92 Å². The molecule has 2 aliphatic carbocycles. The van der Waals surface area contributed by atoms with Gasteiger partial charge < -0.3 is 15.0 Å². The Hall–Kier alpha value is -0.610. The third-order valence-electron chi connectivity index (χ3n) is 5.13. The van der Waals surface area contributed by atoms with E-state index >= 15 is 0 Å². The van der Waals surface area contributed by atoms with Gasteiger partial charge in [-0.05, 0) is 59.0 Å². The molecule has 0 saturated heterocycles. The first kappa shape index (κ1) is 15.8. The lowest BCUT2D eigenvalue weighted by atomic mass is 9.77. The standard InChI is InChI=1S/C16H30N2O2/c1-4-17-16(15(19)20-5-2)11-7-10-14(12-16)18(3)13-8-6-9-13/h13-14,17H,4-12H2,1-3H3. The highest BCUT2D eigenvalue weighted by Gasteiger charge is 2.45. The minimum absolute atomic E-state index is 0.0476. The van der Waals surface area contributed by atoms with Crippen LogP contribution >= 0.6 is 0 Å². The van der Waals surface area contributed by atoms with Crippen molar-refractivity contribution < 1.29 is 9.53 Å². The first-order valence-corrected chi connectivity index (χ1v) is 8.27. The second-order valence-corrected chi connectivity index (χ2v) is 6.33. The summed E-state index contributed by atoms with van der Waals surface area (Å²) in [7, 11) is 2.24. The first-order valence-electron chi connectivity index (χ1n) is 8.27. The van der Waals surface area contributed by atoms with Crippen molar-refractivity contribution >= 4 is 5.97 Å². The number of likely N-dealkylation sites (N-methyl/N-ethyl adjacent to an activating group) is 1. The summed E-state index contributed by atoms with van der Waals surface area (Å²) in [6, 6.07) is 1.25. The van der Waals surface area contributed by atoms with Crippen LogP contribution in [-0.2, 0) is 9.53 Å². The highest BCUT2D eigenvalue weighted by molar-refractivity contribution is 5.81. The summed E-state index contributed by atoms with van der Waals surface area (Å²) in [6.45, 7) is 5.24. The number of ether oxygens (including phenoxy) is 1. The molecule has 0 amide bonds. The van der Waals surface area contributed by atoms with Gasteiger partial charge in [0, 0.05) is 12.1 Å². The van der Waals surface area contributed by atoms with Crippen molar-refractivity contribution in [3.63, 3.8) is 0 Å². The molecule has 0 bridgehead atoms. The summed E-state index contributed by atoms with van der Waals surface area (Å²) in [6.07, 6.45) is 8.12. The molecule has 2 aliphatic rings. The van der Waals surface area contributed by atoms with Crippen molar-refractivity contribution in [1.29, 1.82) is 0 Å². The van der Waals surface area contributed by atoms with Gasteiger partial charge in [0.05, 0.1) is 6.61 Å². The van der Waals surface area contributed by atoms with Crippen LogP contribution in [0.2, 0.25) is 0 Å². The van der Waals surface area contributed by atoms with Crippen LogP contribution in [0.3, 0.4) is 0 Å². The third-order valence-corrected chi connectivity index (χ3v) is 5.13. The Bertz CT molecular complexity index is 326. The van der Waals surface area contributed by atoms with E-state index in [4.69, 9.17) is 4.74 Å². The minimum atomic E-state index is -0.453. The van der Waals surface area contributed by atoms with Crippen LogP contribution in [0, 0.1) is 0 Å². The van der Waals surface area contributed by atoms with E-state index in [1.54, 1.807) is 0 Å². The molecule has 2 atom stereocenters. The number of hydrogen-bond acceptors (Lipinski definition) is 4. The summed E-state index contributed by atoms with van der Waals surface area (Å²) in [5.74, 6) is -0.0476. The van der Waals surface area contributed by atoms with E-state index in [2.05, 4.69) is 24.2 Å². The molecule has 2 fully saturated rings. The Labute approximate surface area is 123 Å².